The minimum atomic E-state index is -0.757. The number of carbonyl (C=O) groups is 1. The number of nitrogens with two attached hydrogens (primary N) is 1. The van der Waals surface area contributed by atoms with Crippen molar-refractivity contribution in [2.45, 2.75) is 25.5 Å². The molecule has 0 radical (unpaired) electrons. The van der Waals surface area contributed by atoms with Gasteiger partial charge in [-0.2, -0.15) is 5.10 Å². The van der Waals surface area contributed by atoms with E-state index in [1.165, 1.54) is 36.3 Å². The van der Waals surface area contributed by atoms with E-state index in [0.717, 1.165) is 11.1 Å². The number of halogens is 2. The van der Waals surface area contributed by atoms with Gasteiger partial charge in [-0.25, -0.2) is 18.7 Å². The molecule has 1 aromatic carbocycles. The summed E-state index contributed by atoms with van der Waals surface area (Å²) in [5.41, 5.74) is 7.69. The molecule has 3 atom stereocenters. The summed E-state index contributed by atoms with van der Waals surface area (Å²) in [5, 5.41) is 4.09. The van der Waals surface area contributed by atoms with Crippen molar-refractivity contribution in [3.8, 4) is 28.7 Å². The van der Waals surface area contributed by atoms with Gasteiger partial charge in [0.15, 0.2) is 17.2 Å². The largest absolute Gasteiger partial charge is 0.474 e. The second-order valence-corrected chi connectivity index (χ2v) is 10.4. The Labute approximate surface area is 217 Å². The highest BCUT2D eigenvalue weighted by Crippen LogP contribution is 2.48. The number of rotatable bonds is 6. The van der Waals surface area contributed by atoms with Gasteiger partial charge in [0, 0.05) is 49.1 Å². The standard InChI is InChI=1S/C27H26F2N6O3/c1-27(2,30)15-10-19(14-4-6-16(28)7-5-14)32-20(11-15)38-24-17-12-35(13-18(17)24)26(36)23-21(29)22(33-34(23)3)25-31-8-9-37-25/h4-11,17-18,24H,12-13,30H2,1-3H3/t17-,18+,24?. The van der Waals surface area contributed by atoms with Crippen molar-refractivity contribution in [3.05, 3.63) is 71.8 Å². The van der Waals surface area contributed by atoms with Gasteiger partial charge in [0.2, 0.25) is 11.8 Å². The number of nitrogens with zero attached hydrogens (tertiary/aromatic N) is 5. The third-order valence-electron chi connectivity index (χ3n) is 7.17. The van der Waals surface area contributed by atoms with Crippen LogP contribution in [0.4, 0.5) is 8.78 Å². The lowest BCUT2D eigenvalue weighted by atomic mass is 9.95. The van der Waals surface area contributed by atoms with Crippen LogP contribution in [-0.2, 0) is 12.6 Å². The lowest BCUT2D eigenvalue weighted by Crippen LogP contribution is -2.35. The predicted octanol–water partition coefficient (Wildman–Crippen LogP) is 3.76. The maximum Gasteiger partial charge on any atom is 0.275 e. The van der Waals surface area contributed by atoms with E-state index in [9.17, 15) is 9.18 Å². The number of pyridine rings is 1. The smallest absolute Gasteiger partial charge is 0.275 e. The zero-order valence-corrected chi connectivity index (χ0v) is 21.1. The van der Waals surface area contributed by atoms with Gasteiger partial charge in [-0.05, 0) is 49.7 Å². The van der Waals surface area contributed by atoms with Crippen LogP contribution in [0.1, 0.15) is 29.9 Å². The molecule has 4 aromatic rings. The molecular formula is C27H26F2N6O3. The predicted molar refractivity (Wildman–Crippen MR) is 133 cm³/mol. The molecule has 1 aliphatic heterocycles. The van der Waals surface area contributed by atoms with Gasteiger partial charge >= 0.3 is 0 Å². The molecule has 6 rings (SSSR count). The minimum Gasteiger partial charge on any atom is -0.474 e. The fraction of sp³-hybridized carbons (Fsp3) is 0.333. The van der Waals surface area contributed by atoms with Crippen LogP contribution in [0.2, 0.25) is 0 Å². The Balaban J connectivity index is 1.17. The maximum atomic E-state index is 15.1. The number of piperidine rings is 1. The Morgan fingerprint density at radius 2 is 1.87 bits per heavy atom. The second kappa shape index (κ2) is 8.73. The number of benzene rings is 1. The van der Waals surface area contributed by atoms with Crippen molar-refractivity contribution in [1.82, 2.24) is 24.6 Å². The Morgan fingerprint density at radius 3 is 2.50 bits per heavy atom. The van der Waals surface area contributed by atoms with E-state index >= 15 is 4.39 Å². The molecule has 1 saturated carbocycles. The first-order valence-corrected chi connectivity index (χ1v) is 12.3. The molecule has 9 nitrogen and oxygen atoms in total. The molecule has 2 aliphatic rings. The Kier molecular flexibility index (Phi) is 5.56. The van der Waals surface area contributed by atoms with Gasteiger partial charge in [0.25, 0.3) is 5.91 Å². The Hall–Kier alpha value is -4.12. The lowest BCUT2D eigenvalue weighted by molar-refractivity contribution is 0.0735. The number of oxazole rings is 1. The first kappa shape index (κ1) is 24.2. The quantitative estimate of drug-likeness (QED) is 0.412. The van der Waals surface area contributed by atoms with Gasteiger partial charge in [0.05, 0.1) is 11.9 Å². The fourth-order valence-electron chi connectivity index (χ4n) is 5.02. The summed E-state index contributed by atoms with van der Waals surface area (Å²) in [7, 11) is 1.52. The van der Waals surface area contributed by atoms with Crippen molar-refractivity contribution in [2.75, 3.05) is 13.1 Å². The zero-order chi connectivity index (χ0) is 26.8. The zero-order valence-electron chi connectivity index (χ0n) is 21.1. The summed E-state index contributed by atoms with van der Waals surface area (Å²) in [4.78, 5) is 23.4. The van der Waals surface area contributed by atoms with Gasteiger partial charge in [0.1, 0.15) is 18.2 Å². The third-order valence-corrected chi connectivity index (χ3v) is 7.17. The molecule has 11 heteroatoms. The Morgan fingerprint density at radius 1 is 1.16 bits per heavy atom. The minimum absolute atomic E-state index is 0.0188. The first-order chi connectivity index (χ1) is 18.1. The van der Waals surface area contributed by atoms with Crippen molar-refractivity contribution in [2.24, 2.45) is 24.6 Å². The number of hydrogen-bond donors (Lipinski definition) is 1. The number of likely N-dealkylation sites (tertiary alicyclic amines) is 1. The highest BCUT2D eigenvalue weighted by Gasteiger charge is 2.59. The molecule has 1 unspecified atom stereocenters. The summed E-state index contributed by atoms with van der Waals surface area (Å²) < 4.78 is 41.1. The molecule has 3 aromatic heterocycles. The number of fused-ring (bicyclic) bond motifs is 1. The average Bonchev–Trinajstić information content (AvgIpc) is 3.34. The molecule has 0 bridgehead atoms. The van der Waals surface area contributed by atoms with Crippen LogP contribution in [0.25, 0.3) is 22.8 Å². The van der Waals surface area contributed by atoms with Crippen LogP contribution in [0.5, 0.6) is 5.88 Å². The van der Waals surface area contributed by atoms with Crippen LogP contribution in [-0.4, -0.2) is 49.7 Å². The van der Waals surface area contributed by atoms with E-state index in [4.69, 9.17) is 14.9 Å². The number of aryl methyl sites for hydroxylation is 1. The highest BCUT2D eigenvalue weighted by molar-refractivity contribution is 5.94. The summed E-state index contributed by atoms with van der Waals surface area (Å²) in [6, 6.07) is 9.79. The van der Waals surface area contributed by atoms with Gasteiger partial charge < -0.3 is 19.8 Å². The van der Waals surface area contributed by atoms with Crippen LogP contribution >= 0.6 is 0 Å². The van der Waals surface area contributed by atoms with E-state index < -0.39 is 17.3 Å². The summed E-state index contributed by atoms with van der Waals surface area (Å²) in [6.07, 6.45) is 2.59. The number of ether oxygens (including phenoxy) is 1. The molecule has 196 valence electrons. The highest BCUT2D eigenvalue weighted by atomic mass is 19.1. The van der Waals surface area contributed by atoms with Crippen LogP contribution in [0.3, 0.4) is 0 Å². The van der Waals surface area contributed by atoms with E-state index in [1.807, 2.05) is 26.0 Å². The number of carbonyl (C=O) groups excluding carboxylic acids is 1. The summed E-state index contributed by atoms with van der Waals surface area (Å²) in [6.45, 7) is 4.64. The monoisotopic (exact) mass is 520 g/mol. The molecular weight excluding hydrogens is 494 g/mol. The van der Waals surface area contributed by atoms with Crippen molar-refractivity contribution < 1.29 is 22.7 Å². The molecule has 0 spiro atoms. The number of hydrogen-bond acceptors (Lipinski definition) is 7. The van der Waals surface area contributed by atoms with Crippen LogP contribution in [0, 0.1) is 23.5 Å². The SMILES string of the molecule is Cn1nc(-c2ncco2)c(F)c1C(=O)N1C[C@@H]2C(Oc3cc(C(C)(C)N)cc(-c4ccc(F)cc4)n3)[C@@H]2C1. The van der Waals surface area contributed by atoms with Crippen LogP contribution in [0.15, 0.2) is 53.3 Å². The van der Waals surface area contributed by atoms with E-state index in [1.54, 1.807) is 17.0 Å². The number of amides is 1. The molecule has 1 saturated heterocycles. The van der Waals surface area contributed by atoms with Crippen molar-refractivity contribution >= 4 is 5.91 Å². The lowest BCUT2D eigenvalue weighted by Gasteiger charge is -2.22. The fourth-order valence-corrected chi connectivity index (χ4v) is 5.02. The third kappa shape index (κ3) is 4.22. The van der Waals surface area contributed by atoms with E-state index in [2.05, 4.69) is 15.1 Å². The van der Waals surface area contributed by atoms with Gasteiger partial charge in [-0.1, -0.05) is 0 Å². The normalized spacial score (nSPS) is 20.5. The topological polar surface area (TPSA) is 112 Å². The maximum absolute atomic E-state index is 15.1. The molecule has 1 amide bonds. The summed E-state index contributed by atoms with van der Waals surface area (Å²) >= 11 is 0. The van der Waals surface area contributed by atoms with Crippen molar-refractivity contribution in [3.63, 3.8) is 0 Å². The van der Waals surface area contributed by atoms with Crippen molar-refractivity contribution in [1.29, 1.82) is 0 Å². The van der Waals surface area contributed by atoms with Gasteiger partial charge in [-0.15, -0.1) is 0 Å². The molecule has 2 fully saturated rings. The molecule has 38 heavy (non-hydrogen) atoms. The number of aromatic nitrogens is 4. The Bertz CT molecular complexity index is 1500. The molecule has 4 heterocycles. The van der Waals surface area contributed by atoms with Gasteiger partial charge in [-0.3, -0.25) is 9.48 Å². The van der Waals surface area contributed by atoms with E-state index in [0.29, 0.717) is 24.7 Å². The summed E-state index contributed by atoms with van der Waals surface area (Å²) in [5.74, 6) is -0.877. The first-order valence-electron chi connectivity index (χ1n) is 12.3. The molecule has 1 aliphatic carbocycles. The second-order valence-electron chi connectivity index (χ2n) is 10.4. The van der Waals surface area contributed by atoms with E-state index in [-0.39, 0.29) is 41.0 Å². The average molecular weight is 521 g/mol. The molecule has 2 N–H and O–H groups in total. The van der Waals surface area contributed by atoms with Crippen LogP contribution < -0.4 is 10.5 Å².